The third-order valence-corrected chi connectivity index (χ3v) is 15.7. The Morgan fingerprint density at radius 3 is 1.87 bits per heavy atom. The maximum atomic E-state index is 8.65. The van der Waals surface area contributed by atoms with Crippen molar-refractivity contribution in [2.45, 2.75) is 30.2 Å². The van der Waals surface area contributed by atoms with Crippen molar-refractivity contribution in [1.29, 1.82) is 0 Å². The van der Waals surface area contributed by atoms with Crippen LogP contribution in [0.25, 0.3) is 38.8 Å². The average molecular weight is 904 g/mol. The molecule has 0 saturated heterocycles. The lowest BCUT2D eigenvalue weighted by molar-refractivity contribution is 0.376. The van der Waals surface area contributed by atoms with Gasteiger partial charge in [-0.2, -0.15) is 0 Å². The summed E-state index contributed by atoms with van der Waals surface area (Å²) in [5.41, 5.74) is 17.0. The smallest absolute Gasteiger partial charge is 0.137 e. The van der Waals surface area contributed by atoms with Gasteiger partial charge in [-0.05, 0) is 111 Å². The van der Waals surface area contributed by atoms with E-state index in [9.17, 15) is 0 Å². The first kappa shape index (κ1) is 34.6. The summed E-state index contributed by atoms with van der Waals surface area (Å²) in [6.45, 7) is 2.48. The molecule has 3 heterocycles. The summed E-state index contributed by atoms with van der Waals surface area (Å²) in [6, 6.07) is 69.0. The quantitative estimate of drug-likeness (QED) is 0.166. The normalized spacial score (nSPS) is 20.0. The topological polar surface area (TPSA) is 33.5 Å². The Labute approximate surface area is 414 Å². The SMILES string of the molecule is [2H]c1c([2H])c([2H])c(-c2cnc(-n3c4ccccc4c4ccc(Oc5cccc(N6CN(C78c9ccccc9C(c9ccccc97)C7c9ccccc9C8c8ccccc87)c7ccccc76)c5)cc43)cc2C)c([2H])c1[2H]. The molecule has 9 aromatic carbocycles. The van der Waals surface area contributed by atoms with Crippen molar-refractivity contribution in [3.05, 3.63) is 281 Å². The van der Waals surface area contributed by atoms with Gasteiger partial charge in [-0.25, -0.2) is 4.98 Å². The number of hydrogen-bond acceptors (Lipinski definition) is 4. The number of nitrogens with zero attached hydrogens (tertiary/aromatic N) is 4. The van der Waals surface area contributed by atoms with Crippen LogP contribution in [0.5, 0.6) is 11.5 Å². The Balaban J connectivity index is 0.839. The van der Waals surface area contributed by atoms with E-state index in [1.54, 1.807) is 6.20 Å². The molecule has 18 rings (SSSR count). The average Bonchev–Trinajstić information content (AvgIpc) is 3.99. The van der Waals surface area contributed by atoms with Crippen molar-refractivity contribution in [2.24, 2.45) is 0 Å². The molecule has 0 N–H and O–H groups in total. The molecule has 332 valence electrons. The highest BCUT2D eigenvalue weighted by atomic mass is 16.5. The Hall–Kier alpha value is -8.67. The van der Waals surface area contributed by atoms with Crippen LogP contribution in [0.3, 0.4) is 0 Å². The van der Waals surface area contributed by atoms with E-state index in [-0.39, 0.29) is 47.5 Å². The first-order valence-corrected chi connectivity index (χ1v) is 24.1. The molecule has 5 nitrogen and oxygen atoms in total. The first-order chi connectivity index (χ1) is 36.7. The summed E-state index contributed by atoms with van der Waals surface area (Å²) >= 11 is 0. The Kier molecular flexibility index (Phi) is 7.37. The second-order valence-electron chi connectivity index (χ2n) is 19.1. The van der Waals surface area contributed by atoms with E-state index in [1.165, 1.54) is 50.2 Å². The lowest BCUT2D eigenvalue weighted by Crippen LogP contribution is -2.57. The van der Waals surface area contributed by atoms with Crippen LogP contribution < -0.4 is 14.5 Å². The molecule has 6 aliphatic carbocycles. The highest BCUT2D eigenvalue weighted by Gasteiger charge is 2.61. The molecule has 0 saturated carbocycles. The maximum Gasteiger partial charge on any atom is 0.137 e. The first-order valence-electron chi connectivity index (χ1n) is 26.6. The van der Waals surface area contributed by atoms with Crippen LogP contribution in [0.2, 0.25) is 0 Å². The van der Waals surface area contributed by atoms with Gasteiger partial charge in [0.05, 0.1) is 35.9 Å². The Bertz CT molecular complexity index is 4120. The van der Waals surface area contributed by atoms with Crippen LogP contribution in [0.1, 0.15) is 74.7 Å². The second-order valence-corrected chi connectivity index (χ2v) is 19.1. The lowest BCUT2D eigenvalue weighted by Gasteiger charge is -2.59. The largest absolute Gasteiger partial charge is 0.457 e. The zero-order valence-electron chi connectivity index (χ0n) is 43.2. The monoisotopic (exact) mass is 903 g/mol. The van der Waals surface area contributed by atoms with Gasteiger partial charge in [-0.1, -0.05) is 164 Å². The maximum absolute atomic E-state index is 8.65. The number of aryl methyl sites for hydroxylation is 1. The second kappa shape index (κ2) is 14.9. The molecule has 7 aliphatic rings. The molecule has 0 atom stereocenters. The fraction of sp³-hybridized carbons (Fsp3) is 0.0923. The van der Waals surface area contributed by atoms with Gasteiger partial charge in [0.1, 0.15) is 22.9 Å². The van der Waals surface area contributed by atoms with E-state index in [2.05, 4.69) is 178 Å². The van der Waals surface area contributed by atoms with Crippen LogP contribution in [-0.2, 0) is 5.54 Å². The lowest BCUT2D eigenvalue weighted by atomic mass is 9.49. The molecular weight excluding hydrogens is 853 g/mol. The molecule has 0 fully saturated rings. The van der Waals surface area contributed by atoms with Crippen LogP contribution in [0.15, 0.2) is 231 Å². The molecule has 0 amide bonds. The van der Waals surface area contributed by atoms with Crippen molar-refractivity contribution in [3.8, 4) is 28.4 Å². The van der Waals surface area contributed by atoms with Gasteiger partial charge in [-0.3, -0.25) is 4.57 Å². The van der Waals surface area contributed by atoms with Gasteiger partial charge in [0.2, 0.25) is 0 Å². The van der Waals surface area contributed by atoms with Crippen molar-refractivity contribution in [1.82, 2.24) is 9.55 Å². The van der Waals surface area contributed by atoms with Crippen LogP contribution in [0, 0.1) is 6.92 Å². The number of fused-ring (bicyclic) bond motifs is 4. The van der Waals surface area contributed by atoms with Gasteiger partial charge in [0, 0.05) is 58.1 Å². The van der Waals surface area contributed by atoms with E-state index in [0.29, 0.717) is 29.5 Å². The van der Waals surface area contributed by atoms with Crippen LogP contribution >= 0.6 is 0 Å². The number of pyridine rings is 1. The third-order valence-electron chi connectivity index (χ3n) is 15.7. The molecule has 0 spiro atoms. The summed E-state index contributed by atoms with van der Waals surface area (Å²) in [4.78, 5) is 10.1. The van der Waals surface area contributed by atoms with Gasteiger partial charge < -0.3 is 14.5 Å². The van der Waals surface area contributed by atoms with Crippen molar-refractivity contribution in [2.75, 3.05) is 16.5 Å². The summed E-state index contributed by atoms with van der Waals surface area (Å²) in [5, 5.41) is 2.08. The van der Waals surface area contributed by atoms with E-state index < -0.39 is 11.6 Å². The summed E-state index contributed by atoms with van der Waals surface area (Å²) in [7, 11) is 0. The molecule has 70 heavy (non-hydrogen) atoms. The Morgan fingerprint density at radius 2 is 1.14 bits per heavy atom. The van der Waals surface area contributed by atoms with E-state index in [0.717, 1.165) is 38.7 Å². The predicted octanol–water partition coefficient (Wildman–Crippen LogP) is 15.5. The van der Waals surface area contributed by atoms with E-state index in [1.807, 2.05) is 37.3 Å². The standard InChI is InChI=1S/C65H46N4O/c1-41-36-61(66-39-54(41)42-18-3-2-4-19-42)69-57-31-14-11-22-46(57)47-35-34-45(38-60(47)69)70-44-21-17-20-43(37-44)67-40-68(59-33-16-15-32-58(59)67)65-55-29-12-9-27-52(55)63(53-28-10-13-30-56(53)65)62-48-23-5-7-25-50(48)64(65)51-26-8-6-24-49(51)62/h2-39,62-64H,40H2,1H3/i2D,3D,4D,18D,19D. The van der Waals surface area contributed by atoms with Gasteiger partial charge >= 0.3 is 0 Å². The predicted molar refractivity (Wildman–Crippen MR) is 283 cm³/mol. The fourth-order valence-corrected chi connectivity index (χ4v) is 13.1. The zero-order valence-corrected chi connectivity index (χ0v) is 38.2. The molecule has 0 radical (unpaired) electrons. The minimum Gasteiger partial charge on any atom is -0.457 e. The molecule has 2 aromatic heterocycles. The van der Waals surface area contributed by atoms with Gasteiger partial charge in [0.15, 0.2) is 0 Å². The molecular formula is C65H46N4O. The molecule has 11 aromatic rings. The van der Waals surface area contributed by atoms with Crippen molar-refractivity contribution < 1.29 is 11.6 Å². The molecule has 5 heteroatoms. The number of hydrogen-bond donors (Lipinski definition) is 0. The van der Waals surface area contributed by atoms with Gasteiger partial charge in [0.25, 0.3) is 0 Å². The van der Waals surface area contributed by atoms with Crippen LogP contribution in [-0.4, -0.2) is 16.2 Å². The van der Waals surface area contributed by atoms with Crippen molar-refractivity contribution >= 4 is 38.9 Å². The third kappa shape index (κ3) is 5.40. The highest BCUT2D eigenvalue weighted by Crippen LogP contribution is 2.68. The minimum absolute atomic E-state index is 0.0162. The summed E-state index contributed by atoms with van der Waals surface area (Å²) < 4.78 is 51.0. The number of para-hydroxylation sites is 3. The number of anilines is 3. The summed E-state index contributed by atoms with van der Waals surface area (Å²) in [5.74, 6) is 2.30. The number of ether oxygens (including phenoxy) is 1. The van der Waals surface area contributed by atoms with Gasteiger partial charge in [-0.15, -0.1) is 0 Å². The number of aromatic nitrogens is 2. The molecule has 4 bridgehead atoms. The van der Waals surface area contributed by atoms with E-state index >= 15 is 0 Å². The summed E-state index contributed by atoms with van der Waals surface area (Å²) in [6.07, 6.45) is 1.62. The minimum atomic E-state index is -0.623. The molecule has 1 aliphatic heterocycles. The zero-order chi connectivity index (χ0) is 50.4. The van der Waals surface area contributed by atoms with Crippen molar-refractivity contribution in [3.63, 3.8) is 0 Å². The molecule has 0 unspecified atom stereocenters. The van der Waals surface area contributed by atoms with Crippen LogP contribution in [0.4, 0.5) is 17.1 Å². The number of benzene rings is 9. The Morgan fingerprint density at radius 1 is 0.543 bits per heavy atom. The fourth-order valence-electron chi connectivity index (χ4n) is 13.1. The highest BCUT2D eigenvalue weighted by molar-refractivity contribution is 6.09. The van der Waals surface area contributed by atoms with E-state index in [4.69, 9.17) is 16.6 Å². The number of rotatable bonds is 6.